The number of piperidine rings is 1. The maximum atomic E-state index is 12.7. The van der Waals surface area contributed by atoms with Gasteiger partial charge in [0.2, 0.25) is 0 Å². The number of pyridine rings is 1. The molecule has 2 rings (SSSR count). The third-order valence-electron chi connectivity index (χ3n) is 3.39. The number of ether oxygens (including phenoxy) is 1. The number of nitrogens with two attached hydrogens (primary N) is 1. The van der Waals surface area contributed by atoms with Crippen LogP contribution < -0.4 is 10.6 Å². The first kappa shape index (κ1) is 14.9. The Morgan fingerprint density at radius 3 is 2.60 bits per heavy atom. The van der Waals surface area contributed by atoms with Crippen LogP contribution >= 0.6 is 0 Å². The molecule has 0 spiro atoms. The van der Waals surface area contributed by atoms with Gasteiger partial charge in [0.05, 0.1) is 23.7 Å². The van der Waals surface area contributed by atoms with Crippen molar-refractivity contribution in [1.82, 2.24) is 4.98 Å². The SMILES string of the molecule is CCOC1CCN(c2cc(C(F)(F)F)ncc2N)CC1. The number of alkyl halides is 3. The predicted octanol–water partition coefficient (Wildman–Crippen LogP) is 2.69. The molecule has 0 aromatic carbocycles. The van der Waals surface area contributed by atoms with E-state index in [4.69, 9.17) is 10.5 Å². The Labute approximate surface area is 115 Å². The molecule has 0 saturated carbocycles. The number of anilines is 2. The highest BCUT2D eigenvalue weighted by Crippen LogP contribution is 2.33. The fourth-order valence-electron chi connectivity index (χ4n) is 2.38. The second kappa shape index (κ2) is 5.87. The molecular weight excluding hydrogens is 271 g/mol. The Morgan fingerprint density at radius 2 is 2.05 bits per heavy atom. The normalized spacial score (nSPS) is 17.5. The van der Waals surface area contributed by atoms with Crippen LogP contribution in [0.3, 0.4) is 0 Å². The van der Waals surface area contributed by atoms with Crippen molar-refractivity contribution in [3.8, 4) is 0 Å². The first-order chi connectivity index (χ1) is 9.41. The van der Waals surface area contributed by atoms with Gasteiger partial charge in [-0.1, -0.05) is 0 Å². The molecule has 0 amide bonds. The van der Waals surface area contributed by atoms with Gasteiger partial charge >= 0.3 is 6.18 Å². The topological polar surface area (TPSA) is 51.4 Å². The number of hydrogen-bond acceptors (Lipinski definition) is 4. The maximum Gasteiger partial charge on any atom is 0.433 e. The lowest BCUT2D eigenvalue weighted by molar-refractivity contribution is -0.141. The minimum atomic E-state index is -4.45. The van der Waals surface area contributed by atoms with Gasteiger partial charge in [-0.2, -0.15) is 13.2 Å². The van der Waals surface area contributed by atoms with E-state index in [0.29, 0.717) is 25.4 Å². The van der Waals surface area contributed by atoms with Crippen molar-refractivity contribution in [2.24, 2.45) is 0 Å². The highest BCUT2D eigenvalue weighted by atomic mass is 19.4. The number of rotatable bonds is 3. The number of aromatic nitrogens is 1. The molecule has 0 radical (unpaired) electrons. The van der Waals surface area contributed by atoms with Gasteiger partial charge in [0, 0.05) is 19.7 Å². The zero-order chi connectivity index (χ0) is 14.8. The molecular formula is C13H18F3N3O. The lowest BCUT2D eigenvalue weighted by Crippen LogP contribution is -2.37. The van der Waals surface area contributed by atoms with Crippen molar-refractivity contribution in [2.45, 2.75) is 32.0 Å². The molecule has 1 fully saturated rings. The zero-order valence-electron chi connectivity index (χ0n) is 11.3. The summed E-state index contributed by atoms with van der Waals surface area (Å²) in [5.74, 6) is 0. The highest BCUT2D eigenvalue weighted by molar-refractivity contribution is 5.67. The van der Waals surface area contributed by atoms with Crippen LogP contribution in [0.4, 0.5) is 24.5 Å². The zero-order valence-corrected chi connectivity index (χ0v) is 11.3. The Bertz CT molecular complexity index is 457. The molecule has 4 nitrogen and oxygen atoms in total. The van der Waals surface area contributed by atoms with Crippen LogP contribution in [-0.2, 0) is 10.9 Å². The molecule has 20 heavy (non-hydrogen) atoms. The van der Waals surface area contributed by atoms with E-state index in [1.54, 1.807) is 0 Å². The summed E-state index contributed by atoms with van der Waals surface area (Å²) >= 11 is 0. The van der Waals surface area contributed by atoms with E-state index >= 15 is 0 Å². The molecule has 0 aliphatic carbocycles. The Kier molecular flexibility index (Phi) is 4.37. The molecule has 2 heterocycles. The van der Waals surface area contributed by atoms with Gasteiger partial charge in [-0.3, -0.25) is 0 Å². The summed E-state index contributed by atoms with van der Waals surface area (Å²) in [5.41, 5.74) is 5.52. The Morgan fingerprint density at radius 1 is 1.40 bits per heavy atom. The van der Waals surface area contributed by atoms with Crippen LogP contribution in [-0.4, -0.2) is 30.8 Å². The molecule has 1 aromatic heterocycles. The average Bonchev–Trinajstić information content (AvgIpc) is 2.39. The molecule has 1 aromatic rings. The standard InChI is InChI=1S/C13H18F3N3O/c1-2-20-9-3-5-19(6-4-9)11-7-12(13(14,15)16)18-8-10(11)17/h7-9H,2-6,17H2,1H3. The predicted molar refractivity (Wildman–Crippen MR) is 70.5 cm³/mol. The minimum Gasteiger partial charge on any atom is -0.396 e. The van der Waals surface area contributed by atoms with E-state index in [1.807, 2.05) is 11.8 Å². The van der Waals surface area contributed by atoms with E-state index in [2.05, 4.69) is 4.98 Å². The first-order valence-electron chi connectivity index (χ1n) is 6.61. The van der Waals surface area contributed by atoms with Crippen LogP contribution in [0.2, 0.25) is 0 Å². The molecule has 0 bridgehead atoms. The summed E-state index contributed by atoms with van der Waals surface area (Å²) < 4.78 is 43.6. The van der Waals surface area contributed by atoms with Crippen molar-refractivity contribution in [3.05, 3.63) is 18.0 Å². The number of nitrogen functional groups attached to an aromatic ring is 1. The van der Waals surface area contributed by atoms with E-state index in [0.717, 1.165) is 25.1 Å². The van der Waals surface area contributed by atoms with Crippen LogP contribution in [0.15, 0.2) is 12.3 Å². The van der Waals surface area contributed by atoms with Crippen LogP contribution in [0, 0.1) is 0 Å². The van der Waals surface area contributed by atoms with E-state index in [-0.39, 0.29) is 11.8 Å². The molecule has 1 aliphatic heterocycles. The third-order valence-corrected chi connectivity index (χ3v) is 3.39. The van der Waals surface area contributed by atoms with Crippen molar-refractivity contribution in [3.63, 3.8) is 0 Å². The lowest BCUT2D eigenvalue weighted by atomic mass is 10.1. The number of hydrogen-bond donors (Lipinski definition) is 1. The summed E-state index contributed by atoms with van der Waals surface area (Å²) in [6, 6.07) is 1.02. The number of halogens is 3. The quantitative estimate of drug-likeness (QED) is 0.929. The van der Waals surface area contributed by atoms with Gasteiger partial charge in [0.25, 0.3) is 0 Å². The van der Waals surface area contributed by atoms with Gasteiger partial charge in [-0.25, -0.2) is 4.98 Å². The minimum absolute atomic E-state index is 0.182. The largest absolute Gasteiger partial charge is 0.433 e. The molecule has 0 atom stereocenters. The van der Waals surface area contributed by atoms with Gasteiger partial charge in [-0.05, 0) is 25.8 Å². The number of nitrogens with zero attached hydrogens (tertiary/aromatic N) is 2. The van der Waals surface area contributed by atoms with Crippen LogP contribution in [0.25, 0.3) is 0 Å². The molecule has 0 unspecified atom stereocenters. The summed E-state index contributed by atoms with van der Waals surface area (Å²) in [4.78, 5) is 5.21. The van der Waals surface area contributed by atoms with E-state index in [1.165, 1.54) is 0 Å². The Hall–Kier alpha value is -1.50. The van der Waals surface area contributed by atoms with E-state index < -0.39 is 11.9 Å². The average molecular weight is 289 g/mol. The molecule has 1 saturated heterocycles. The summed E-state index contributed by atoms with van der Waals surface area (Å²) in [5, 5.41) is 0. The second-order valence-electron chi connectivity index (χ2n) is 4.77. The smallest absolute Gasteiger partial charge is 0.396 e. The molecule has 112 valence electrons. The summed E-state index contributed by atoms with van der Waals surface area (Å²) in [6.07, 6.45) is -1.62. The van der Waals surface area contributed by atoms with Gasteiger partial charge in [-0.15, -0.1) is 0 Å². The van der Waals surface area contributed by atoms with Crippen LogP contribution in [0.5, 0.6) is 0 Å². The Balaban J connectivity index is 2.13. The highest BCUT2D eigenvalue weighted by Gasteiger charge is 2.33. The second-order valence-corrected chi connectivity index (χ2v) is 4.77. The fourth-order valence-corrected chi connectivity index (χ4v) is 2.38. The van der Waals surface area contributed by atoms with Crippen molar-refractivity contribution >= 4 is 11.4 Å². The van der Waals surface area contributed by atoms with Gasteiger partial charge in [0.1, 0.15) is 5.69 Å². The molecule has 7 heteroatoms. The fraction of sp³-hybridized carbons (Fsp3) is 0.615. The summed E-state index contributed by atoms with van der Waals surface area (Å²) in [7, 11) is 0. The van der Waals surface area contributed by atoms with Crippen molar-refractivity contribution in [1.29, 1.82) is 0 Å². The van der Waals surface area contributed by atoms with Gasteiger partial charge in [0.15, 0.2) is 0 Å². The third kappa shape index (κ3) is 3.33. The maximum absolute atomic E-state index is 12.7. The van der Waals surface area contributed by atoms with Crippen LogP contribution in [0.1, 0.15) is 25.5 Å². The van der Waals surface area contributed by atoms with E-state index in [9.17, 15) is 13.2 Å². The molecule has 2 N–H and O–H groups in total. The van der Waals surface area contributed by atoms with Gasteiger partial charge < -0.3 is 15.4 Å². The first-order valence-corrected chi connectivity index (χ1v) is 6.61. The van der Waals surface area contributed by atoms with Crippen molar-refractivity contribution in [2.75, 3.05) is 30.3 Å². The van der Waals surface area contributed by atoms with Crippen molar-refractivity contribution < 1.29 is 17.9 Å². The summed E-state index contributed by atoms with van der Waals surface area (Å²) in [6.45, 7) is 3.86. The monoisotopic (exact) mass is 289 g/mol. The lowest BCUT2D eigenvalue weighted by Gasteiger charge is -2.34. The molecule has 1 aliphatic rings.